The number of alkyl halides is 3. The van der Waals surface area contributed by atoms with Gasteiger partial charge in [0.1, 0.15) is 5.82 Å². The summed E-state index contributed by atoms with van der Waals surface area (Å²) in [6, 6.07) is 8.91. The maximum atomic E-state index is 12.3. The van der Waals surface area contributed by atoms with Gasteiger partial charge in [0.15, 0.2) is 0 Å². The monoisotopic (exact) mass is 339 g/mol. The zero-order valence-electron chi connectivity index (χ0n) is 13.4. The molecule has 1 aromatic heterocycles. The number of aromatic nitrogens is 2. The number of carbonyl (C=O) groups is 1. The Hall–Kier alpha value is -2.31. The minimum Gasteiger partial charge on any atom is -0.349 e. The van der Waals surface area contributed by atoms with Crippen LogP contribution in [0.15, 0.2) is 42.7 Å². The van der Waals surface area contributed by atoms with Gasteiger partial charge >= 0.3 is 6.18 Å². The summed E-state index contributed by atoms with van der Waals surface area (Å²) in [7, 11) is 0. The Morgan fingerprint density at radius 2 is 2.00 bits per heavy atom. The molecule has 0 bridgehead atoms. The van der Waals surface area contributed by atoms with Crippen molar-refractivity contribution in [1.29, 1.82) is 0 Å². The zero-order chi connectivity index (χ0) is 17.6. The molecular formula is C17H20F3N3O. The van der Waals surface area contributed by atoms with Crippen LogP contribution in [0.25, 0.3) is 0 Å². The maximum Gasteiger partial charge on any atom is 0.389 e. The lowest BCUT2D eigenvalue weighted by molar-refractivity contribution is -0.144. The van der Waals surface area contributed by atoms with Gasteiger partial charge < -0.3 is 9.88 Å². The number of hydrogen-bond donors (Lipinski definition) is 1. The SMILES string of the molecule is Cc1nccn1CC[C@@H](NC(=O)CCC(F)(F)F)c1ccccc1. The Labute approximate surface area is 138 Å². The molecule has 1 heterocycles. The molecule has 1 atom stereocenters. The van der Waals surface area contributed by atoms with Crippen molar-refractivity contribution in [2.24, 2.45) is 0 Å². The molecule has 130 valence electrons. The molecule has 0 radical (unpaired) electrons. The predicted octanol–water partition coefficient (Wildman–Crippen LogP) is 3.78. The van der Waals surface area contributed by atoms with Crippen LogP contribution in [0, 0.1) is 6.92 Å². The summed E-state index contributed by atoms with van der Waals surface area (Å²) < 4.78 is 38.7. The van der Waals surface area contributed by atoms with Crippen molar-refractivity contribution in [3.63, 3.8) is 0 Å². The smallest absolute Gasteiger partial charge is 0.349 e. The van der Waals surface area contributed by atoms with E-state index in [0.717, 1.165) is 11.4 Å². The quantitative estimate of drug-likeness (QED) is 0.834. The van der Waals surface area contributed by atoms with Crippen LogP contribution in [0.1, 0.15) is 36.7 Å². The molecule has 24 heavy (non-hydrogen) atoms. The first-order chi connectivity index (χ1) is 11.3. The zero-order valence-corrected chi connectivity index (χ0v) is 13.4. The lowest BCUT2D eigenvalue weighted by Crippen LogP contribution is -2.30. The van der Waals surface area contributed by atoms with E-state index in [1.807, 2.05) is 48.0 Å². The highest BCUT2D eigenvalue weighted by Gasteiger charge is 2.28. The van der Waals surface area contributed by atoms with Gasteiger partial charge in [0.25, 0.3) is 0 Å². The van der Waals surface area contributed by atoms with E-state index in [9.17, 15) is 18.0 Å². The maximum absolute atomic E-state index is 12.3. The highest BCUT2D eigenvalue weighted by molar-refractivity contribution is 5.76. The highest BCUT2D eigenvalue weighted by atomic mass is 19.4. The number of benzene rings is 1. The Morgan fingerprint density at radius 1 is 1.29 bits per heavy atom. The first-order valence-electron chi connectivity index (χ1n) is 7.74. The second kappa shape index (κ2) is 7.99. The summed E-state index contributed by atoms with van der Waals surface area (Å²) in [4.78, 5) is 16.0. The van der Waals surface area contributed by atoms with Crippen LogP contribution in [0.2, 0.25) is 0 Å². The number of hydrogen-bond acceptors (Lipinski definition) is 2. The van der Waals surface area contributed by atoms with Gasteiger partial charge in [-0.2, -0.15) is 13.2 Å². The minimum atomic E-state index is -4.33. The molecule has 0 aliphatic heterocycles. The van der Waals surface area contributed by atoms with E-state index in [1.54, 1.807) is 6.20 Å². The molecule has 2 rings (SSSR count). The van der Waals surface area contributed by atoms with Crippen molar-refractivity contribution in [2.45, 2.75) is 44.9 Å². The largest absolute Gasteiger partial charge is 0.389 e. The van der Waals surface area contributed by atoms with Crippen molar-refractivity contribution in [1.82, 2.24) is 14.9 Å². The van der Waals surface area contributed by atoms with E-state index in [2.05, 4.69) is 10.3 Å². The van der Waals surface area contributed by atoms with E-state index >= 15 is 0 Å². The molecule has 0 fully saturated rings. The van der Waals surface area contributed by atoms with Crippen molar-refractivity contribution in [2.75, 3.05) is 0 Å². The van der Waals surface area contributed by atoms with Crippen molar-refractivity contribution < 1.29 is 18.0 Å². The predicted molar refractivity (Wildman–Crippen MR) is 84.2 cm³/mol. The van der Waals surface area contributed by atoms with Crippen LogP contribution in [-0.2, 0) is 11.3 Å². The van der Waals surface area contributed by atoms with Crippen molar-refractivity contribution >= 4 is 5.91 Å². The van der Waals surface area contributed by atoms with Gasteiger partial charge in [-0.1, -0.05) is 30.3 Å². The number of nitrogens with one attached hydrogen (secondary N) is 1. The molecule has 1 amide bonds. The fraction of sp³-hybridized carbons (Fsp3) is 0.412. The first kappa shape index (κ1) is 18.0. The van der Waals surface area contributed by atoms with Crippen LogP contribution < -0.4 is 5.32 Å². The third kappa shape index (κ3) is 5.72. The van der Waals surface area contributed by atoms with Crippen LogP contribution in [0.3, 0.4) is 0 Å². The molecule has 7 heteroatoms. The molecule has 1 N–H and O–H groups in total. The van der Waals surface area contributed by atoms with Gasteiger partial charge in [-0.25, -0.2) is 4.98 Å². The van der Waals surface area contributed by atoms with Gasteiger partial charge in [0, 0.05) is 25.4 Å². The molecule has 0 spiro atoms. The summed E-state index contributed by atoms with van der Waals surface area (Å²) in [6.07, 6.45) is -1.90. The van der Waals surface area contributed by atoms with E-state index in [0.29, 0.717) is 13.0 Å². The van der Waals surface area contributed by atoms with Gasteiger partial charge in [0.2, 0.25) is 5.91 Å². The fourth-order valence-corrected chi connectivity index (χ4v) is 2.44. The summed E-state index contributed by atoms with van der Waals surface area (Å²) in [5.74, 6) is 0.258. The fourth-order valence-electron chi connectivity index (χ4n) is 2.44. The van der Waals surface area contributed by atoms with E-state index in [-0.39, 0.29) is 6.04 Å². The lowest BCUT2D eigenvalue weighted by atomic mass is 10.0. The number of carbonyl (C=O) groups excluding carboxylic acids is 1. The minimum absolute atomic E-state index is 0.339. The molecular weight excluding hydrogens is 319 g/mol. The third-order valence-corrected chi connectivity index (χ3v) is 3.76. The molecule has 0 saturated heterocycles. The average molecular weight is 339 g/mol. The topological polar surface area (TPSA) is 46.9 Å². The highest BCUT2D eigenvalue weighted by Crippen LogP contribution is 2.22. The number of nitrogens with zero attached hydrogens (tertiary/aromatic N) is 2. The van der Waals surface area contributed by atoms with Crippen molar-refractivity contribution in [3.8, 4) is 0 Å². The van der Waals surface area contributed by atoms with Gasteiger partial charge in [-0.15, -0.1) is 0 Å². The third-order valence-electron chi connectivity index (χ3n) is 3.76. The second-order valence-electron chi connectivity index (χ2n) is 5.60. The molecule has 0 aliphatic rings. The van der Waals surface area contributed by atoms with Crippen LogP contribution in [-0.4, -0.2) is 21.6 Å². The second-order valence-corrected chi connectivity index (χ2v) is 5.60. The Balaban J connectivity index is 2.00. The summed E-state index contributed by atoms with van der Waals surface area (Å²) in [5.41, 5.74) is 0.871. The average Bonchev–Trinajstić information content (AvgIpc) is 2.95. The van der Waals surface area contributed by atoms with Crippen molar-refractivity contribution in [3.05, 3.63) is 54.1 Å². The summed E-state index contributed by atoms with van der Waals surface area (Å²) in [6.45, 7) is 2.49. The first-order valence-corrected chi connectivity index (χ1v) is 7.74. The molecule has 0 saturated carbocycles. The van der Waals surface area contributed by atoms with E-state index < -0.39 is 24.9 Å². The van der Waals surface area contributed by atoms with Crippen LogP contribution in [0.4, 0.5) is 13.2 Å². The molecule has 2 aromatic rings. The molecule has 0 aliphatic carbocycles. The van der Waals surface area contributed by atoms with E-state index in [1.165, 1.54) is 0 Å². The number of aryl methyl sites for hydroxylation is 2. The standard InChI is InChI=1S/C17H20F3N3O/c1-13-21-10-12-23(13)11-8-15(14-5-3-2-4-6-14)22-16(24)7-9-17(18,19)20/h2-6,10,12,15H,7-9,11H2,1H3,(H,22,24)/t15-/m1/s1. The molecule has 0 unspecified atom stereocenters. The normalized spacial score (nSPS) is 12.8. The number of halogens is 3. The molecule has 4 nitrogen and oxygen atoms in total. The van der Waals surface area contributed by atoms with Gasteiger partial charge in [0.05, 0.1) is 12.5 Å². The van der Waals surface area contributed by atoms with Gasteiger partial charge in [-0.3, -0.25) is 4.79 Å². The van der Waals surface area contributed by atoms with E-state index in [4.69, 9.17) is 0 Å². The number of rotatable bonds is 7. The molecule has 1 aromatic carbocycles. The summed E-state index contributed by atoms with van der Waals surface area (Å²) >= 11 is 0. The van der Waals surface area contributed by atoms with Crippen LogP contribution >= 0.6 is 0 Å². The van der Waals surface area contributed by atoms with Gasteiger partial charge in [-0.05, 0) is 18.9 Å². The number of amides is 1. The Kier molecular flexibility index (Phi) is 6.00. The van der Waals surface area contributed by atoms with Crippen LogP contribution in [0.5, 0.6) is 0 Å². The lowest BCUT2D eigenvalue weighted by Gasteiger charge is -2.20. The Morgan fingerprint density at radius 3 is 2.58 bits per heavy atom. The number of imidazole rings is 1. The summed E-state index contributed by atoms with van der Waals surface area (Å²) in [5, 5.41) is 2.72. The Bertz CT molecular complexity index is 653.